The van der Waals surface area contributed by atoms with E-state index in [2.05, 4.69) is 6.92 Å². The molecule has 2 aliphatic heterocycles. The van der Waals surface area contributed by atoms with Crippen LogP contribution in [0.4, 0.5) is 11.4 Å². The lowest BCUT2D eigenvalue weighted by atomic mass is 9.95. The molecule has 6 nitrogen and oxygen atoms in total. The molecule has 2 aromatic rings. The Labute approximate surface area is 165 Å². The lowest BCUT2D eigenvalue weighted by Gasteiger charge is -2.32. The van der Waals surface area contributed by atoms with Crippen molar-refractivity contribution in [2.24, 2.45) is 0 Å². The van der Waals surface area contributed by atoms with Gasteiger partial charge in [-0.3, -0.25) is 9.10 Å². The molecule has 1 fully saturated rings. The van der Waals surface area contributed by atoms with Crippen LogP contribution in [0.2, 0.25) is 0 Å². The van der Waals surface area contributed by atoms with Crippen molar-refractivity contribution in [3.8, 4) is 5.75 Å². The summed E-state index contributed by atoms with van der Waals surface area (Å²) in [5.41, 5.74) is 4.31. The summed E-state index contributed by atoms with van der Waals surface area (Å²) in [4.78, 5) is 15.0. The van der Waals surface area contributed by atoms with Crippen LogP contribution in [0.5, 0.6) is 5.75 Å². The van der Waals surface area contributed by atoms with Gasteiger partial charge in [-0.1, -0.05) is 6.07 Å². The Morgan fingerprint density at radius 3 is 2.43 bits per heavy atom. The van der Waals surface area contributed by atoms with Crippen LogP contribution in [0.15, 0.2) is 36.4 Å². The standard InChI is InChI=1S/C21H24N2O4S/c1-15-6-11-19(27-2)20-18(15)5-3-12-22(20)21(24)16-7-9-17(10-8-16)23-13-4-14-28(23,25)26/h6-11H,3-5,12-14H2,1-2H3. The number of carbonyl (C=O) groups excluding carboxylic acids is 1. The van der Waals surface area contributed by atoms with Crippen molar-refractivity contribution in [2.75, 3.05) is 35.2 Å². The lowest BCUT2D eigenvalue weighted by molar-refractivity contribution is 0.0984. The molecule has 2 aliphatic rings. The molecule has 0 saturated carbocycles. The first-order chi connectivity index (χ1) is 13.4. The number of hydrogen-bond donors (Lipinski definition) is 0. The molecule has 0 N–H and O–H groups in total. The molecule has 1 saturated heterocycles. The van der Waals surface area contributed by atoms with Gasteiger partial charge >= 0.3 is 0 Å². The van der Waals surface area contributed by atoms with Gasteiger partial charge in [0.15, 0.2) is 0 Å². The van der Waals surface area contributed by atoms with E-state index in [1.807, 2.05) is 12.1 Å². The zero-order valence-electron chi connectivity index (χ0n) is 16.1. The van der Waals surface area contributed by atoms with E-state index in [4.69, 9.17) is 4.74 Å². The van der Waals surface area contributed by atoms with E-state index in [1.54, 1.807) is 36.3 Å². The molecule has 0 unspecified atom stereocenters. The molecule has 0 bridgehead atoms. The summed E-state index contributed by atoms with van der Waals surface area (Å²) < 4.78 is 31.2. The monoisotopic (exact) mass is 400 g/mol. The van der Waals surface area contributed by atoms with Crippen molar-refractivity contribution in [2.45, 2.75) is 26.2 Å². The summed E-state index contributed by atoms with van der Waals surface area (Å²) in [5, 5.41) is 0. The minimum atomic E-state index is -3.23. The van der Waals surface area contributed by atoms with Gasteiger partial charge < -0.3 is 9.64 Å². The number of rotatable bonds is 3. The highest BCUT2D eigenvalue weighted by Gasteiger charge is 2.30. The summed E-state index contributed by atoms with van der Waals surface area (Å²) in [6.07, 6.45) is 2.46. The van der Waals surface area contributed by atoms with Gasteiger partial charge in [0, 0.05) is 18.7 Å². The topological polar surface area (TPSA) is 66.9 Å². The van der Waals surface area contributed by atoms with Gasteiger partial charge in [0.25, 0.3) is 5.91 Å². The molecule has 0 aliphatic carbocycles. The summed E-state index contributed by atoms with van der Waals surface area (Å²) in [6.45, 7) is 3.18. The molecule has 148 valence electrons. The van der Waals surface area contributed by atoms with Crippen LogP contribution in [-0.2, 0) is 16.4 Å². The summed E-state index contributed by atoms with van der Waals surface area (Å²) in [5.74, 6) is 0.784. The Hall–Kier alpha value is -2.54. The predicted molar refractivity (Wildman–Crippen MR) is 110 cm³/mol. The minimum absolute atomic E-state index is 0.0966. The van der Waals surface area contributed by atoms with E-state index in [0.29, 0.717) is 36.5 Å². The maximum absolute atomic E-state index is 13.2. The number of anilines is 2. The molecule has 4 rings (SSSR count). The molecule has 7 heteroatoms. The average Bonchev–Trinajstić information content (AvgIpc) is 3.06. The summed E-state index contributed by atoms with van der Waals surface area (Å²) >= 11 is 0. The van der Waals surface area contributed by atoms with E-state index in [1.165, 1.54) is 4.31 Å². The maximum Gasteiger partial charge on any atom is 0.258 e. The summed E-state index contributed by atoms with van der Waals surface area (Å²) in [7, 11) is -1.61. The second-order valence-electron chi connectivity index (χ2n) is 7.26. The number of methoxy groups -OCH3 is 1. The molecule has 28 heavy (non-hydrogen) atoms. The Balaban J connectivity index is 1.66. The molecule has 0 radical (unpaired) electrons. The molecule has 0 atom stereocenters. The van der Waals surface area contributed by atoms with Gasteiger partial charge in [-0.2, -0.15) is 0 Å². The third kappa shape index (κ3) is 3.13. The van der Waals surface area contributed by atoms with Crippen molar-refractivity contribution in [1.29, 1.82) is 0 Å². The number of amides is 1. The average molecular weight is 401 g/mol. The largest absolute Gasteiger partial charge is 0.495 e. The maximum atomic E-state index is 13.2. The Kier molecular flexibility index (Phi) is 4.79. The molecular formula is C21H24N2O4S. The fourth-order valence-corrected chi connectivity index (χ4v) is 5.64. The zero-order chi connectivity index (χ0) is 19.9. The van der Waals surface area contributed by atoms with E-state index < -0.39 is 10.0 Å². The minimum Gasteiger partial charge on any atom is -0.495 e. The van der Waals surface area contributed by atoms with Crippen molar-refractivity contribution in [3.63, 3.8) is 0 Å². The van der Waals surface area contributed by atoms with Crippen LogP contribution in [0, 0.1) is 6.92 Å². The molecule has 2 aromatic carbocycles. The Bertz CT molecular complexity index is 1020. The number of nitrogens with zero attached hydrogens (tertiary/aromatic N) is 2. The van der Waals surface area contributed by atoms with Gasteiger partial charge in [0.2, 0.25) is 10.0 Å². The smallest absolute Gasteiger partial charge is 0.258 e. The van der Waals surface area contributed by atoms with Gasteiger partial charge in [0.1, 0.15) is 5.75 Å². The molecule has 1 amide bonds. The van der Waals surface area contributed by atoms with Crippen LogP contribution in [0.3, 0.4) is 0 Å². The fraction of sp³-hybridized carbons (Fsp3) is 0.381. The first-order valence-electron chi connectivity index (χ1n) is 9.51. The predicted octanol–water partition coefficient (Wildman–Crippen LogP) is 3.14. The SMILES string of the molecule is COc1ccc(C)c2c1N(C(=O)c1ccc(N3CCCS3(=O)=O)cc1)CCC2. The van der Waals surface area contributed by atoms with Crippen LogP contribution < -0.4 is 13.9 Å². The number of sulfonamides is 1. The number of carbonyl (C=O) groups is 1. The van der Waals surface area contributed by atoms with Crippen LogP contribution in [-0.4, -0.2) is 40.3 Å². The quantitative estimate of drug-likeness (QED) is 0.794. The molecule has 2 heterocycles. The van der Waals surface area contributed by atoms with Crippen molar-refractivity contribution in [1.82, 2.24) is 0 Å². The van der Waals surface area contributed by atoms with Gasteiger partial charge in [-0.15, -0.1) is 0 Å². The van der Waals surface area contributed by atoms with Crippen LogP contribution in [0.25, 0.3) is 0 Å². The van der Waals surface area contributed by atoms with Crippen molar-refractivity contribution >= 4 is 27.3 Å². The fourth-order valence-electron chi connectivity index (χ4n) is 4.08. The third-order valence-electron chi connectivity index (χ3n) is 5.52. The number of hydrogen-bond acceptors (Lipinski definition) is 4. The Morgan fingerprint density at radius 1 is 1.04 bits per heavy atom. The van der Waals surface area contributed by atoms with Crippen molar-refractivity contribution in [3.05, 3.63) is 53.1 Å². The molecule has 0 aromatic heterocycles. The molecule has 0 spiro atoms. The highest BCUT2D eigenvalue weighted by molar-refractivity contribution is 7.93. The highest BCUT2D eigenvalue weighted by Crippen LogP contribution is 2.39. The second-order valence-corrected chi connectivity index (χ2v) is 9.27. The highest BCUT2D eigenvalue weighted by atomic mass is 32.2. The normalized spacial score (nSPS) is 18.1. The van der Waals surface area contributed by atoms with Gasteiger partial charge in [-0.25, -0.2) is 8.42 Å². The molecular weight excluding hydrogens is 376 g/mol. The first-order valence-corrected chi connectivity index (χ1v) is 11.1. The lowest BCUT2D eigenvalue weighted by Crippen LogP contribution is -2.36. The number of ether oxygens (including phenoxy) is 1. The van der Waals surface area contributed by atoms with E-state index in [9.17, 15) is 13.2 Å². The summed E-state index contributed by atoms with van der Waals surface area (Å²) in [6, 6.07) is 10.8. The van der Waals surface area contributed by atoms with Crippen LogP contribution in [0.1, 0.15) is 34.3 Å². The Morgan fingerprint density at radius 2 is 1.79 bits per heavy atom. The van der Waals surface area contributed by atoms with Crippen LogP contribution >= 0.6 is 0 Å². The second kappa shape index (κ2) is 7.13. The van der Waals surface area contributed by atoms with E-state index in [-0.39, 0.29) is 11.7 Å². The number of benzene rings is 2. The number of fused-ring (bicyclic) bond motifs is 1. The van der Waals surface area contributed by atoms with Gasteiger partial charge in [-0.05, 0) is 67.6 Å². The van der Waals surface area contributed by atoms with E-state index >= 15 is 0 Å². The first kappa shape index (κ1) is 18.8. The van der Waals surface area contributed by atoms with Crippen molar-refractivity contribution < 1.29 is 17.9 Å². The van der Waals surface area contributed by atoms with Gasteiger partial charge in [0.05, 0.1) is 24.2 Å². The number of aryl methyl sites for hydroxylation is 1. The van der Waals surface area contributed by atoms with E-state index in [0.717, 1.165) is 29.7 Å². The third-order valence-corrected chi connectivity index (χ3v) is 7.39. The zero-order valence-corrected chi connectivity index (χ0v) is 17.0.